The van der Waals surface area contributed by atoms with Gasteiger partial charge in [0.05, 0.1) is 6.54 Å². The van der Waals surface area contributed by atoms with E-state index in [0.717, 1.165) is 26.2 Å². The molecule has 0 atom stereocenters. The Balaban J connectivity index is 2.28. The Hall–Kier alpha value is -1.10. The van der Waals surface area contributed by atoms with E-state index < -0.39 is 0 Å². The maximum Gasteiger partial charge on any atom is 0.234 e. The van der Waals surface area contributed by atoms with Gasteiger partial charge in [-0.1, -0.05) is 13.8 Å². The molecule has 0 aromatic carbocycles. The molecule has 5 nitrogen and oxygen atoms in total. The van der Waals surface area contributed by atoms with Crippen molar-refractivity contribution in [3.63, 3.8) is 0 Å². The highest BCUT2D eigenvalue weighted by Gasteiger charge is 2.22. The van der Waals surface area contributed by atoms with Crippen molar-refractivity contribution in [3.8, 4) is 0 Å². The monoisotopic (exact) mass is 255 g/mol. The Morgan fingerprint density at radius 2 is 1.78 bits per heavy atom. The van der Waals surface area contributed by atoms with E-state index in [-0.39, 0.29) is 11.8 Å². The number of likely N-dealkylation sites (N-methyl/N-ethyl adjacent to an activating group) is 1. The van der Waals surface area contributed by atoms with Gasteiger partial charge in [0, 0.05) is 39.1 Å². The Morgan fingerprint density at radius 3 is 2.28 bits per heavy atom. The number of hydrogen-bond donors (Lipinski definition) is 1. The minimum absolute atomic E-state index is 0.0689. The van der Waals surface area contributed by atoms with Crippen LogP contribution in [0.25, 0.3) is 0 Å². The zero-order chi connectivity index (χ0) is 13.5. The van der Waals surface area contributed by atoms with Gasteiger partial charge in [0.15, 0.2) is 0 Å². The molecule has 1 aliphatic heterocycles. The van der Waals surface area contributed by atoms with Crippen LogP contribution >= 0.6 is 0 Å². The van der Waals surface area contributed by atoms with Crippen LogP contribution in [-0.4, -0.2) is 60.9 Å². The molecule has 0 saturated carbocycles. The minimum atomic E-state index is 0.0689. The maximum atomic E-state index is 11.9. The molecular weight excluding hydrogens is 230 g/mol. The first kappa shape index (κ1) is 15.0. The molecule has 1 saturated heterocycles. The second-order valence-corrected chi connectivity index (χ2v) is 5.21. The van der Waals surface area contributed by atoms with Crippen LogP contribution in [0.5, 0.6) is 0 Å². The molecule has 18 heavy (non-hydrogen) atoms. The second kappa shape index (κ2) is 7.36. The molecule has 0 bridgehead atoms. The Bertz CT molecular complexity index is 284. The summed E-state index contributed by atoms with van der Waals surface area (Å²) < 4.78 is 0. The SMILES string of the molecule is CCNC(=O)CN1CCN(C(=O)CC(C)C)CC1. The Kier molecular flexibility index (Phi) is 6.12. The van der Waals surface area contributed by atoms with E-state index in [2.05, 4.69) is 24.1 Å². The average Bonchev–Trinajstić information content (AvgIpc) is 2.29. The highest BCUT2D eigenvalue weighted by molar-refractivity contribution is 5.78. The van der Waals surface area contributed by atoms with Crippen molar-refractivity contribution < 1.29 is 9.59 Å². The summed E-state index contributed by atoms with van der Waals surface area (Å²) in [6.45, 7) is 10.2. The molecule has 1 fully saturated rings. The maximum absolute atomic E-state index is 11.9. The van der Waals surface area contributed by atoms with Gasteiger partial charge in [0.25, 0.3) is 0 Å². The third-order valence-corrected chi connectivity index (χ3v) is 3.05. The molecule has 104 valence electrons. The Morgan fingerprint density at radius 1 is 1.17 bits per heavy atom. The number of piperazine rings is 1. The van der Waals surface area contributed by atoms with Crippen LogP contribution in [0, 0.1) is 5.92 Å². The summed E-state index contributed by atoms with van der Waals surface area (Å²) in [5, 5.41) is 2.79. The summed E-state index contributed by atoms with van der Waals surface area (Å²) in [5.74, 6) is 0.716. The quantitative estimate of drug-likeness (QED) is 0.769. The molecule has 2 amide bonds. The number of rotatable bonds is 5. The van der Waals surface area contributed by atoms with Crippen molar-refractivity contribution >= 4 is 11.8 Å². The fourth-order valence-electron chi connectivity index (χ4n) is 2.09. The number of amides is 2. The molecule has 1 heterocycles. The zero-order valence-corrected chi connectivity index (χ0v) is 11.7. The van der Waals surface area contributed by atoms with Crippen LogP contribution in [0.15, 0.2) is 0 Å². The molecule has 0 radical (unpaired) electrons. The van der Waals surface area contributed by atoms with Crippen molar-refractivity contribution in [2.24, 2.45) is 5.92 Å². The van der Waals surface area contributed by atoms with Crippen LogP contribution in [-0.2, 0) is 9.59 Å². The third-order valence-electron chi connectivity index (χ3n) is 3.05. The first-order valence-corrected chi connectivity index (χ1v) is 6.79. The summed E-state index contributed by atoms with van der Waals surface area (Å²) in [7, 11) is 0. The zero-order valence-electron chi connectivity index (χ0n) is 11.7. The van der Waals surface area contributed by atoms with Gasteiger partial charge in [-0.05, 0) is 12.8 Å². The summed E-state index contributed by atoms with van der Waals surface area (Å²) in [5.41, 5.74) is 0. The fraction of sp³-hybridized carbons (Fsp3) is 0.846. The second-order valence-electron chi connectivity index (χ2n) is 5.21. The van der Waals surface area contributed by atoms with Crippen molar-refractivity contribution in [2.75, 3.05) is 39.3 Å². The van der Waals surface area contributed by atoms with E-state index in [9.17, 15) is 9.59 Å². The number of carbonyl (C=O) groups excluding carboxylic acids is 2. The highest BCUT2D eigenvalue weighted by Crippen LogP contribution is 2.07. The molecule has 1 N–H and O–H groups in total. The van der Waals surface area contributed by atoms with Gasteiger partial charge in [0.1, 0.15) is 0 Å². The number of nitrogens with one attached hydrogen (secondary N) is 1. The van der Waals surface area contributed by atoms with Gasteiger partial charge in [-0.2, -0.15) is 0 Å². The van der Waals surface area contributed by atoms with Crippen LogP contribution in [0.1, 0.15) is 27.2 Å². The Labute approximate surface area is 110 Å². The first-order valence-electron chi connectivity index (χ1n) is 6.79. The summed E-state index contributed by atoms with van der Waals surface area (Å²) in [4.78, 5) is 27.3. The van der Waals surface area contributed by atoms with Crippen molar-refractivity contribution in [1.29, 1.82) is 0 Å². The molecule has 5 heteroatoms. The van der Waals surface area contributed by atoms with Crippen LogP contribution < -0.4 is 5.32 Å². The molecule has 0 aromatic rings. The normalized spacial score (nSPS) is 17.0. The highest BCUT2D eigenvalue weighted by atomic mass is 16.2. The van der Waals surface area contributed by atoms with E-state index in [0.29, 0.717) is 25.4 Å². The lowest BCUT2D eigenvalue weighted by atomic mass is 10.1. The number of hydrogen-bond acceptors (Lipinski definition) is 3. The van der Waals surface area contributed by atoms with E-state index in [1.165, 1.54) is 0 Å². The lowest BCUT2D eigenvalue weighted by molar-refractivity contribution is -0.134. The third kappa shape index (κ3) is 5.04. The van der Waals surface area contributed by atoms with Gasteiger partial charge >= 0.3 is 0 Å². The lowest BCUT2D eigenvalue weighted by Gasteiger charge is -2.34. The standard InChI is InChI=1S/C13H25N3O2/c1-4-14-12(17)10-15-5-7-16(8-6-15)13(18)9-11(2)3/h11H,4-10H2,1-3H3,(H,14,17). The van der Waals surface area contributed by atoms with Gasteiger partial charge in [-0.3, -0.25) is 14.5 Å². The predicted molar refractivity (Wildman–Crippen MR) is 71.2 cm³/mol. The molecule has 0 spiro atoms. The smallest absolute Gasteiger partial charge is 0.234 e. The van der Waals surface area contributed by atoms with Crippen LogP contribution in [0.4, 0.5) is 0 Å². The predicted octanol–water partition coefficient (Wildman–Crippen LogP) is 0.313. The van der Waals surface area contributed by atoms with E-state index in [4.69, 9.17) is 0 Å². The first-order chi connectivity index (χ1) is 8.52. The lowest BCUT2D eigenvalue weighted by Crippen LogP contribution is -2.51. The average molecular weight is 255 g/mol. The number of nitrogens with zero attached hydrogens (tertiary/aromatic N) is 2. The van der Waals surface area contributed by atoms with E-state index in [1.807, 2.05) is 11.8 Å². The fourth-order valence-corrected chi connectivity index (χ4v) is 2.09. The summed E-state index contributed by atoms with van der Waals surface area (Å²) in [6.07, 6.45) is 0.621. The molecular formula is C13H25N3O2. The molecule has 1 rings (SSSR count). The molecule has 0 unspecified atom stereocenters. The van der Waals surface area contributed by atoms with Gasteiger partial charge in [0.2, 0.25) is 11.8 Å². The van der Waals surface area contributed by atoms with Crippen LogP contribution in [0.3, 0.4) is 0 Å². The van der Waals surface area contributed by atoms with Crippen LogP contribution in [0.2, 0.25) is 0 Å². The molecule has 0 aliphatic carbocycles. The van der Waals surface area contributed by atoms with E-state index >= 15 is 0 Å². The van der Waals surface area contributed by atoms with Crippen molar-refractivity contribution in [1.82, 2.24) is 15.1 Å². The summed E-state index contributed by atoms with van der Waals surface area (Å²) in [6, 6.07) is 0. The molecule has 0 aromatic heterocycles. The molecule has 1 aliphatic rings. The van der Waals surface area contributed by atoms with Gasteiger partial charge in [-0.25, -0.2) is 0 Å². The topological polar surface area (TPSA) is 52.7 Å². The van der Waals surface area contributed by atoms with E-state index in [1.54, 1.807) is 0 Å². The van der Waals surface area contributed by atoms with Gasteiger partial charge < -0.3 is 10.2 Å². The van der Waals surface area contributed by atoms with Crippen molar-refractivity contribution in [3.05, 3.63) is 0 Å². The van der Waals surface area contributed by atoms with Crippen molar-refractivity contribution in [2.45, 2.75) is 27.2 Å². The van der Waals surface area contributed by atoms with Gasteiger partial charge in [-0.15, -0.1) is 0 Å². The largest absolute Gasteiger partial charge is 0.355 e. The minimum Gasteiger partial charge on any atom is -0.355 e. The summed E-state index contributed by atoms with van der Waals surface area (Å²) >= 11 is 0. The number of carbonyl (C=O) groups is 2.